The van der Waals surface area contributed by atoms with Crippen molar-refractivity contribution < 1.29 is 9.90 Å². The molecule has 0 spiro atoms. The molecule has 0 aliphatic carbocycles. The predicted octanol–water partition coefficient (Wildman–Crippen LogP) is 2.69. The fraction of sp³-hybridized carbons (Fsp3) is 0.500. The minimum absolute atomic E-state index is 0.0245. The largest absolute Gasteiger partial charge is 0.395 e. The molecule has 2 N–H and O–H groups in total. The summed E-state index contributed by atoms with van der Waals surface area (Å²) >= 11 is 1.45. The van der Waals surface area contributed by atoms with Crippen molar-refractivity contribution in [3.8, 4) is 0 Å². The molecule has 0 aliphatic heterocycles. The number of hydrogen-bond donors (Lipinski definition) is 2. The molecule has 1 atom stereocenters. The zero-order chi connectivity index (χ0) is 13.4. The van der Waals surface area contributed by atoms with Gasteiger partial charge in [-0.2, -0.15) is 0 Å². The summed E-state index contributed by atoms with van der Waals surface area (Å²) < 4.78 is 0. The predicted molar refractivity (Wildman–Crippen MR) is 78.1 cm³/mol. The maximum atomic E-state index is 11.6. The zero-order valence-corrected chi connectivity index (χ0v) is 11.8. The number of thioether (sulfide) groups is 1. The van der Waals surface area contributed by atoms with E-state index in [0.717, 1.165) is 18.5 Å². The second-order valence-corrected chi connectivity index (χ2v) is 5.73. The van der Waals surface area contributed by atoms with Gasteiger partial charge in [-0.25, -0.2) is 0 Å². The maximum absolute atomic E-state index is 11.6. The lowest BCUT2D eigenvalue weighted by Gasteiger charge is -2.08. The molecule has 1 amide bonds. The lowest BCUT2D eigenvalue weighted by Crippen LogP contribution is -2.16. The van der Waals surface area contributed by atoms with Gasteiger partial charge in [0, 0.05) is 10.9 Å². The number of benzene rings is 1. The highest BCUT2D eigenvalue weighted by Crippen LogP contribution is 2.13. The summed E-state index contributed by atoms with van der Waals surface area (Å²) in [5.41, 5.74) is 2.12. The van der Waals surface area contributed by atoms with Gasteiger partial charge in [0.2, 0.25) is 5.91 Å². The molecule has 0 saturated heterocycles. The molecule has 1 unspecified atom stereocenters. The fourth-order valence-electron chi connectivity index (χ4n) is 1.51. The molecule has 0 fully saturated rings. The monoisotopic (exact) mass is 267 g/mol. The van der Waals surface area contributed by atoms with Gasteiger partial charge in [-0.15, -0.1) is 11.8 Å². The Morgan fingerprint density at radius 1 is 1.39 bits per heavy atom. The molecule has 4 heteroatoms. The van der Waals surface area contributed by atoms with Gasteiger partial charge in [-0.05, 0) is 24.1 Å². The third-order valence-corrected chi connectivity index (χ3v) is 3.68. The number of anilines is 1. The van der Waals surface area contributed by atoms with Crippen LogP contribution in [0.25, 0.3) is 0 Å². The van der Waals surface area contributed by atoms with Crippen LogP contribution < -0.4 is 5.32 Å². The molecule has 1 rings (SSSR count). The van der Waals surface area contributed by atoms with Crippen LogP contribution in [0.1, 0.15) is 25.8 Å². The average Bonchev–Trinajstić information content (AvgIpc) is 2.38. The fourth-order valence-corrected chi connectivity index (χ4v) is 2.12. The Balaban J connectivity index is 2.39. The first-order chi connectivity index (χ1) is 8.65. The molecule has 0 aromatic heterocycles. The number of aliphatic hydroxyl groups excluding tert-OH is 1. The highest BCUT2D eigenvalue weighted by Gasteiger charge is 2.06. The number of aliphatic hydroxyl groups is 1. The summed E-state index contributed by atoms with van der Waals surface area (Å²) in [4.78, 5) is 11.6. The lowest BCUT2D eigenvalue weighted by molar-refractivity contribution is -0.113. The molecular formula is C14H21NO2S. The van der Waals surface area contributed by atoms with Gasteiger partial charge < -0.3 is 10.4 Å². The lowest BCUT2D eigenvalue weighted by atomic mass is 10.1. The van der Waals surface area contributed by atoms with Crippen molar-refractivity contribution in [1.82, 2.24) is 0 Å². The third-order valence-electron chi connectivity index (χ3n) is 2.53. The van der Waals surface area contributed by atoms with Crippen molar-refractivity contribution in [3.05, 3.63) is 29.8 Å². The van der Waals surface area contributed by atoms with Crippen molar-refractivity contribution in [2.75, 3.05) is 17.7 Å². The van der Waals surface area contributed by atoms with E-state index >= 15 is 0 Å². The molecular weight excluding hydrogens is 246 g/mol. The first kappa shape index (κ1) is 15.1. The number of carbonyl (C=O) groups is 1. The quantitative estimate of drug-likeness (QED) is 0.798. The first-order valence-corrected chi connectivity index (χ1v) is 7.31. The molecule has 3 nitrogen and oxygen atoms in total. The van der Waals surface area contributed by atoms with E-state index in [4.69, 9.17) is 5.11 Å². The number of aryl methyl sites for hydroxylation is 1. The second-order valence-electron chi connectivity index (χ2n) is 4.30. The summed E-state index contributed by atoms with van der Waals surface area (Å²) in [6.07, 6.45) is 2.19. The molecule has 1 aromatic carbocycles. The van der Waals surface area contributed by atoms with Gasteiger partial charge in [0.25, 0.3) is 0 Å². The molecule has 0 bridgehead atoms. The standard InChI is InChI=1S/C14H21NO2S/c1-3-4-12-5-7-13(8-6-12)15-14(17)10-18-11(2)9-16/h5-8,11,16H,3-4,9-10H2,1-2H3,(H,15,17). The second kappa shape index (κ2) is 8.16. The van der Waals surface area contributed by atoms with Crippen LogP contribution in [-0.4, -0.2) is 28.6 Å². The highest BCUT2D eigenvalue weighted by molar-refractivity contribution is 8.00. The average molecular weight is 267 g/mol. The molecule has 100 valence electrons. The minimum Gasteiger partial charge on any atom is -0.395 e. The topological polar surface area (TPSA) is 49.3 Å². The Morgan fingerprint density at radius 2 is 2.06 bits per heavy atom. The number of rotatable bonds is 7. The summed E-state index contributed by atoms with van der Waals surface area (Å²) in [6.45, 7) is 4.15. The van der Waals surface area contributed by atoms with Crippen molar-refractivity contribution >= 4 is 23.4 Å². The maximum Gasteiger partial charge on any atom is 0.234 e. The van der Waals surface area contributed by atoms with Crippen LogP contribution in [0.15, 0.2) is 24.3 Å². The number of hydrogen-bond acceptors (Lipinski definition) is 3. The van der Waals surface area contributed by atoms with Crippen LogP contribution in [0, 0.1) is 0 Å². The molecule has 0 radical (unpaired) electrons. The van der Waals surface area contributed by atoms with Crippen LogP contribution in [0.3, 0.4) is 0 Å². The summed E-state index contributed by atoms with van der Waals surface area (Å²) in [6, 6.07) is 7.96. The van der Waals surface area contributed by atoms with Crippen LogP contribution in [-0.2, 0) is 11.2 Å². The normalized spacial score (nSPS) is 12.2. The van der Waals surface area contributed by atoms with Crippen LogP contribution in [0.4, 0.5) is 5.69 Å². The van der Waals surface area contributed by atoms with Gasteiger partial charge in [0.1, 0.15) is 0 Å². The van der Waals surface area contributed by atoms with Gasteiger partial charge in [0.05, 0.1) is 12.4 Å². The van der Waals surface area contributed by atoms with E-state index in [1.165, 1.54) is 17.3 Å². The van der Waals surface area contributed by atoms with Crippen molar-refractivity contribution in [2.45, 2.75) is 31.9 Å². The van der Waals surface area contributed by atoms with Crippen LogP contribution >= 0.6 is 11.8 Å². The van der Waals surface area contributed by atoms with E-state index in [-0.39, 0.29) is 17.8 Å². The Hall–Kier alpha value is -1.00. The molecule has 0 aliphatic rings. The number of carbonyl (C=O) groups excluding carboxylic acids is 1. The molecule has 0 saturated carbocycles. The van der Waals surface area contributed by atoms with Gasteiger partial charge in [0.15, 0.2) is 0 Å². The van der Waals surface area contributed by atoms with E-state index < -0.39 is 0 Å². The third kappa shape index (κ3) is 5.56. The minimum atomic E-state index is -0.0245. The van der Waals surface area contributed by atoms with Crippen molar-refractivity contribution in [1.29, 1.82) is 0 Å². The Kier molecular flexibility index (Phi) is 6.83. The highest BCUT2D eigenvalue weighted by atomic mass is 32.2. The summed E-state index contributed by atoms with van der Waals surface area (Å²) in [5.74, 6) is 0.349. The van der Waals surface area contributed by atoms with Gasteiger partial charge in [-0.1, -0.05) is 32.4 Å². The van der Waals surface area contributed by atoms with Crippen molar-refractivity contribution in [2.24, 2.45) is 0 Å². The summed E-state index contributed by atoms with van der Waals surface area (Å²) in [7, 11) is 0. The van der Waals surface area contributed by atoms with Crippen LogP contribution in [0.5, 0.6) is 0 Å². The molecule has 1 aromatic rings. The number of nitrogens with one attached hydrogen (secondary N) is 1. The van der Waals surface area contributed by atoms with E-state index in [9.17, 15) is 4.79 Å². The first-order valence-electron chi connectivity index (χ1n) is 6.27. The smallest absolute Gasteiger partial charge is 0.234 e. The van der Waals surface area contributed by atoms with Gasteiger partial charge in [-0.3, -0.25) is 4.79 Å². The Bertz CT molecular complexity index is 365. The molecule has 0 heterocycles. The van der Waals surface area contributed by atoms with Gasteiger partial charge >= 0.3 is 0 Å². The number of amides is 1. The SMILES string of the molecule is CCCc1ccc(NC(=O)CSC(C)CO)cc1. The van der Waals surface area contributed by atoms with E-state index in [1.54, 1.807) is 0 Å². The van der Waals surface area contributed by atoms with E-state index in [2.05, 4.69) is 12.2 Å². The van der Waals surface area contributed by atoms with Crippen LogP contribution in [0.2, 0.25) is 0 Å². The summed E-state index contributed by atoms with van der Waals surface area (Å²) in [5, 5.41) is 11.8. The van der Waals surface area contributed by atoms with Crippen molar-refractivity contribution in [3.63, 3.8) is 0 Å². The van der Waals surface area contributed by atoms with E-state index in [0.29, 0.717) is 5.75 Å². The Morgan fingerprint density at radius 3 is 2.61 bits per heavy atom. The Labute approximate surface area is 113 Å². The molecule has 18 heavy (non-hydrogen) atoms. The zero-order valence-electron chi connectivity index (χ0n) is 11.0. The van der Waals surface area contributed by atoms with E-state index in [1.807, 2.05) is 31.2 Å².